The van der Waals surface area contributed by atoms with Crippen LogP contribution in [0.1, 0.15) is 40.5 Å². The highest BCUT2D eigenvalue weighted by Gasteiger charge is 2.27. The van der Waals surface area contributed by atoms with Crippen molar-refractivity contribution in [2.45, 2.75) is 32.9 Å². The fourth-order valence-corrected chi connectivity index (χ4v) is 5.17. The van der Waals surface area contributed by atoms with Crippen LogP contribution in [0.4, 0.5) is 0 Å². The van der Waals surface area contributed by atoms with E-state index < -0.39 is 0 Å². The molecular weight excluding hydrogens is 436 g/mol. The molecule has 0 amide bonds. The van der Waals surface area contributed by atoms with Crippen LogP contribution in [-0.2, 0) is 13.6 Å². The number of likely N-dealkylation sites (tertiary alicyclic amines) is 1. The van der Waals surface area contributed by atoms with Gasteiger partial charge in [-0.3, -0.25) is 9.58 Å². The monoisotopic (exact) mass is 472 g/mol. The highest BCUT2D eigenvalue weighted by molar-refractivity contribution is 5.82. The summed E-state index contributed by atoms with van der Waals surface area (Å²) in [4.78, 5) is 4.65. The Morgan fingerprint density at radius 2 is 1.86 bits per heavy atom. The van der Waals surface area contributed by atoms with E-state index in [0.29, 0.717) is 12.6 Å². The van der Waals surface area contributed by atoms with Crippen molar-refractivity contribution < 1.29 is 4.74 Å². The van der Waals surface area contributed by atoms with E-state index in [1.54, 1.807) is 0 Å². The number of allylic oxidation sites excluding steroid dienone is 2. The second kappa shape index (κ2) is 9.47. The Hall–Kier alpha value is -3.16. The minimum atomic E-state index is 0.329. The molecule has 1 unspecified atom stereocenters. The van der Waals surface area contributed by atoms with Gasteiger partial charge in [-0.1, -0.05) is 24.8 Å². The van der Waals surface area contributed by atoms with Gasteiger partial charge in [0.15, 0.2) is 0 Å². The van der Waals surface area contributed by atoms with Crippen LogP contribution in [0.25, 0.3) is 22.8 Å². The predicted octanol–water partition coefficient (Wildman–Crippen LogP) is 4.33. The number of hydrogen-bond donors (Lipinski definition) is 0. The minimum Gasteiger partial charge on any atom is -0.476 e. The summed E-state index contributed by atoms with van der Waals surface area (Å²) < 4.78 is 10.6. The van der Waals surface area contributed by atoms with Crippen molar-refractivity contribution in [3.05, 3.63) is 65.1 Å². The molecule has 1 fully saturated rings. The fourth-order valence-electron chi connectivity index (χ4n) is 5.17. The maximum atomic E-state index is 6.48. The summed E-state index contributed by atoms with van der Waals surface area (Å²) in [6.07, 6.45) is 7.28. The van der Waals surface area contributed by atoms with Gasteiger partial charge in [-0.05, 0) is 68.8 Å². The van der Waals surface area contributed by atoms with Gasteiger partial charge in [0.1, 0.15) is 6.61 Å². The molecule has 0 spiro atoms. The maximum Gasteiger partial charge on any atom is 0.219 e. The zero-order chi connectivity index (χ0) is 24.7. The number of likely N-dealkylation sites (N-methyl/N-ethyl adjacent to an activating group) is 2. The molecule has 2 aromatic heterocycles. The van der Waals surface area contributed by atoms with Crippen LogP contribution < -0.4 is 4.74 Å². The molecule has 2 aliphatic rings. The van der Waals surface area contributed by atoms with Gasteiger partial charge in [0, 0.05) is 38.8 Å². The number of aryl methyl sites for hydroxylation is 3. The summed E-state index contributed by atoms with van der Waals surface area (Å²) >= 11 is 0. The first-order valence-corrected chi connectivity index (χ1v) is 12.4. The number of ether oxygens (including phenoxy) is 1. The molecule has 35 heavy (non-hydrogen) atoms. The average Bonchev–Trinajstić information content (AvgIpc) is 3.50. The fraction of sp³-hybridized carbons (Fsp3) is 0.429. The zero-order valence-corrected chi connectivity index (χ0v) is 21.6. The Labute approximate surface area is 208 Å². The van der Waals surface area contributed by atoms with Gasteiger partial charge < -0.3 is 9.64 Å². The van der Waals surface area contributed by atoms with Crippen molar-refractivity contribution in [1.29, 1.82) is 0 Å². The first kappa shape index (κ1) is 23.6. The summed E-state index contributed by atoms with van der Waals surface area (Å²) in [5.74, 6) is 0.863. The minimum absolute atomic E-state index is 0.329. The van der Waals surface area contributed by atoms with Crippen LogP contribution in [0, 0.1) is 13.8 Å². The van der Waals surface area contributed by atoms with E-state index in [2.05, 4.69) is 84.5 Å². The number of fused-ring (bicyclic) bond motifs is 5. The number of aromatic nitrogens is 4. The maximum absolute atomic E-state index is 6.48. The molecule has 1 saturated heterocycles. The lowest BCUT2D eigenvalue weighted by molar-refractivity contribution is 0.210. The number of nitrogens with zero attached hydrogens (tertiary/aromatic N) is 6. The van der Waals surface area contributed by atoms with Gasteiger partial charge in [-0.15, -0.1) is 0 Å². The highest BCUT2D eigenvalue weighted by Crippen LogP contribution is 2.33. The number of benzene rings is 1. The smallest absolute Gasteiger partial charge is 0.219 e. The lowest BCUT2D eigenvalue weighted by Crippen LogP contribution is -2.26. The molecule has 7 heteroatoms. The van der Waals surface area contributed by atoms with Crippen molar-refractivity contribution in [2.75, 3.05) is 40.3 Å². The van der Waals surface area contributed by atoms with Gasteiger partial charge in [0.25, 0.3) is 0 Å². The molecule has 1 aromatic carbocycles. The molecule has 0 radical (unpaired) electrons. The Morgan fingerprint density at radius 1 is 1.03 bits per heavy atom. The second-order valence-corrected chi connectivity index (χ2v) is 10.1. The van der Waals surface area contributed by atoms with E-state index in [-0.39, 0.29) is 0 Å². The summed E-state index contributed by atoms with van der Waals surface area (Å²) in [5, 5.41) is 9.50. The van der Waals surface area contributed by atoms with Gasteiger partial charge in [-0.25, -0.2) is 4.68 Å². The largest absolute Gasteiger partial charge is 0.476 e. The van der Waals surface area contributed by atoms with Gasteiger partial charge in [0.2, 0.25) is 5.88 Å². The molecule has 0 aliphatic carbocycles. The second-order valence-electron chi connectivity index (χ2n) is 10.1. The van der Waals surface area contributed by atoms with Crippen molar-refractivity contribution in [1.82, 2.24) is 29.4 Å². The van der Waals surface area contributed by atoms with Crippen molar-refractivity contribution in [3.63, 3.8) is 0 Å². The van der Waals surface area contributed by atoms with E-state index in [4.69, 9.17) is 9.84 Å². The van der Waals surface area contributed by atoms with Crippen LogP contribution >= 0.6 is 0 Å². The first-order chi connectivity index (χ1) is 16.8. The van der Waals surface area contributed by atoms with Gasteiger partial charge >= 0.3 is 0 Å². The summed E-state index contributed by atoms with van der Waals surface area (Å²) in [5.41, 5.74) is 8.86. The van der Waals surface area contributed by atoms with Crippen molar-refractivity contribution >= 4 is 11.6 Å². The zero-order valence-electron chi connectivity index (χ0n) is 21.6. The topological polar surface area (TPSA) is 51.4 Å². The van der Waals surface area contributed by atoms with E-state index in [1.807, 2.05) is 17.9 Å². The summed E-state index contributed by atoms with van der Waals surface area (Å²) in [6, 6.07) is 6.93. The Kier molecular flexibility index (Phi) is 6.38. The van der Waals surface area contributed by atoms with Crippen LogP contribution in [0.3, 0.4) is 0 Å². The van der Waals surface area contributed by atoms with Gasteiger partial charge in [0.05, 0.1) is 29.2 Å². The molecule has 5 rings (SSSR count). The molecule has 1 atom stereocenters. The first-order valence-electron chi connectivity index (χ1n) is 12.4. The SMILES string of the molecule is C=C1/C=C/c2c(C)nn(C3CCN(C)C3)c2OCCN(C)Cc2c(cnn2C)-c2ccc(C)c1c2. The third kappa shape index (κ3) is 4.58. The third-order valence-electron chi connectivity index (χ3n) is 7.34. The number of hydrogen-bond acceptors (Lipinski definition) is 5. The van der Waals surface area contributed by atoms with Crippen LogP contribution in [0.15, 0.2) is 37.1 Å². The molecule has 2 bridgehead atoms. The molecule has 2 aliphatic heterocycles. The molecule has 7 nitrogen and oxygen atoms in total. The molecule has 3 aromatic rings. The van der Waals surface area contributed by atoms with Crippen LogP contribution in [0.5, 0.6) is 5.88 Å². The quantitative estimate of drug-likeness (QED) is 0.528. The van der Waals surface area contributed by atoms with E-state index in [1.165, 1.54) is 11.3 Å². The van der Waals surface area contributed by atoms with E-state index in [0.717, 1.165) is 72.0 Å². The standard InChI is InChI=1S/C28H36N6O/c1-19-7-9-22-15-25(19)20(2)8-10-24-21(3)30-34(23-11-12-31(4)17-23)28(24)35-14-13-32(5)18-27-26(22)16-29-33(27)6/h7-10,15-16,23H,2,11-14,17-18H2,1,3-6H3/b10-8+. The Bertz CT molecular complexity index is 1280. The van der Waals surface area contributed by atoms with Crippen LogP contribution in [0.2, 0.25) is 0 Å². The number of rotatable bonds is 1. The molecular formula is C28H36N6O. The van der Waals surface area contributed by atoms with E-state index >= 15 is 0 Å². The highest BCUT2D eigenvalue weighted by atomic mass is 16.5. The van der Waals surface area contributed by atoms with Gasteiger partial charge in [-0.2, -0.15) is 10.2 Å². The molecule has 0 N–H and O–H groups in total. The summed E-state index contributed by atoms with van der Waals surface area (Å²) in [7, 11) is 6.32. The Balaban J connectivity index is 1.58. The lowest BCUT2D eigenvalue weighted by Gasteiger charge is -2.20. The lowest BCUT2D eigenvalue weighted by atomic mass is 9.95. The third-order valence-corrected chi connectivity index (χ3v) is 7.34. The van der Waals surface area contributed by atoms with Crippen molar-refractivity contribution in [3.8, 4) is 17.0 Å². The average molecular weight is 473 g/mol. The normalized spacial score (nSPS) is 20.6. The van der Waals surface area contributed by atoms with Crippen molar-refractivity contribution in [2.24, 2.45) is 7.05 Å². The Morgan fingerprint density at radius 3 is 2.63 bits per heavy atom. The van der Waals surface area contributed by atoms with Crippen LogP contribution in [-0.4, -0.2) is 69.7 Å². The summed E-state index contributed by atoms with van der Waals surface area (Å²) in [6.45, 7) is 12.9. The molecule has 184 valence electrons. The molecule has 0 saturated carbocycles. The molecule has 4 heterocycles. The van der Waals surface area contributed by atoms with E-state index in [9.17, 15) is 0 Å². The predicted molar refractivity (Wildman–Crippen MR) is 141 cm³/mol.